The number of nitrogens with zero attached hydrogens (tertiary/aromatic N) is 1. The van der Waals surface area contributed by atoms with E-state index in [1.54, 1.807) is 0 Å². The lowest BCUT2D eigenvalue weighted by Gasteiger charge is -2.37. The Labute approximate surface area is 108 Å². The molecule has 1 aromatic carbocycles. The molecule has 0 radical (unpaired) electrons. The Morgan fingerprint density at radius 2 is 2.11 bits per heavy atom. The zero-order valence-corrected chi connectivity index (χ0v) is 10.7. The van der Waals surface area contributed by atoms with E-state index in [0.717, 1.165) is 5.56 Å². The predicted molar refractivity (Wildman–Crippen MR) is 70.0 cm³/mol. The zero-order chi connectivity index (χ0) is 13.0. The van der Waals surface area contributed by atoms with Crippen molar-refractivity contribution in [3.8, 4) is 0 Å². The number of carbonyl (C=O) groups is 1. The van der Waals surface area contributed by atoms with Crippen molar-refractivity contribution >= 4 is 5.91 Å². The summed E-state index contributed by atoms with van der Waals surface area (Å²) in [7, 11) is 0. The highest BCUT2D eigenvalue weighted by Crippen LogP contribution is 2.25. The summed E-state index contributed by atoms with van der Waals surface area (Å²) in [6.07, 6.45) is 0.441. The quantitative estimate of drug-likeness (QED) is 0.878. The molecule has 1 aromatic rings. The lowest BCUT2D eigenvalue weighted by atomic mass is 10.1. The SMILES string of the molecule is C[C@H]1CN(C(=O)CCN)C[C@H](c2ccccc2)O1. The van der Waals surface area contributed by atoms with Gasteiger partial charge in [0, 0.05) is 19.5 Å². The van der Waals surface area contributed by atoms with Crippen LogP contribution in [0.1, 0.15) is 25.0 Å². The molecule has 0 aliphatic carbocycles. The molecule has 4 heteroatoms. The Morgan fingerprint density at radius 3 is 2.78 bits per heavy atom. The van der Waals surface area contributed by atoms with E-state index in [1.807, 2.05) is 42.2 Å². The number of carbonyl (C=O) groups excluding carboxylic acids is 1. The van der Waals surface area contributed by atoms with E-state index in [1.165, 1.54) is 0 Å². The van der Waals surface area contributed by atoms with Gasteiger partial charge in [0.15, 0.2) is 0 Å². The third-order valence-corrected chi connectivity index (χ3v) is 3.14. The third kappa shape index (κ3) is 3.09. The predicted octanol–water partition coefficient (Wildman–Crippen LogP) is 1.32. The van der Waals surface area contributed by atoms with Crippen LogP contribution in [0.25, 0.3) is 0 Å². The van der Waals surface area contributed by atoms with E-state index >= 15 is 0 Å². The van der Waals surface area contributed by atoms with E-state index in [0.29, 0.717) is 26.1 Å². The van der Waals surface area contributed by atoms with E-state index in [9.17, 15) is 4.79 Å². The van der Waals surface area contributed by atoms with Gasteiger partial charge in [-0.3, -0.25) is 4.79 Å². The summed E-state index contributed by atoms with van der Waals surface area (Å²) in [5, 5.41) is 0. The van der Waals surface area contributed by atoms with Crippen molar-refractivity contribution < 1.29 is 9.53 Å². The first-order valence-electron chi connectivity index (χ1n) is 6.39. The van der Waals surface area contributed by atoms with Crippen LogP contribution in [0.15, 0.2) is 30.3 Å². The Hall–Kier alpha value is -1.39. The number of benzene rings is 1. The lowest BCUT2D eigenvalue weighted by molar-refractivity contribution is -0.144. The van der Waals surface area contributed by atoms with Gasteiger partial charge in [-0.1, -0.05) is 30.3 Å². The molecule has 1 aliphatic rings. The average Bonchev–Trinajstić information content (AvgIpc) is 2.39. The van der Waals surface area contributed by atoms with Crippen molar-refractivity contribution in [2.24, 2.45) is 5.73 Å². The van der Waals surface area contributed by atoms with Crippen molar-refractivity contribution in [1.82, 2.24) is 4.90 Å². The van der Waals surface area contributed by atoms with Crippen LogP contribution in [-0.4, -0.2) is 36.5 Å². The first kappa shape index (κ1) is 13.1. The molecule has 0 bridgehead atoms. The van der Waals surface area contributed by atoms with Crippen molar-refractivity contribution in [3.05, 3.63) is 35.9 Å². The maximum atomic E-state index is 11.9. The monoisotopic (exact) mass is 248 g/mol. The molecule has 0 spiro atoms. The Morgan fingerprint density at radius 1 is 1.39 bits per heavy atom. The van der Waals surface area contributed by atoms with Crippen LogP contribution in [-0.2, 0) is 9.53 Å². The fraction of sp³-hybridized carbons (Fsp3) is 0.500. The molecule has 0 unspecified atom stereocenters. The topological polar surface area (TPSA) is 55.6 Å². The molecule has 18 heavy (non-hydrogen) atoms. The molecule has 0 saturated carbocycles. The van der Waals surface area contributed by atoms with Gasteiger partial charge in [0.1, 0.15) is 6.10 Å². The van der Waals surface area contributed by atoms with Crippen LogP contribution in [0, 0.1) is 0 Å². The van der Waals surface area contributed by atoms with Crippen LogP contribution in [0.5, 0.6) is 0 Å². The highest BCUT2D eigenvalue weighted by atomic mass is 16.5. The summed E-state index contributed by atoms with van der Waals surface area (Å²) in [4.78, 5) is 13.8. The summed E-state index contributed by atoms with van der Waals surface area (Å²) in [6.45, 7) is 3.67. The number of ether oxygens (including phenoxy) is 1. The van der Waals surface area contributed by atoms with Crippen LogP contribution in [0.3, 0.4) is 0 Å². The Balaban J connectivity index is 2.07. The van der Waals surface area contributed by atoms with Gasteiger partial charge < -0.3 is 15.4 Å². The molecule has 1 fully saturated rings. The molecule has 1 aliphatic heterocycles. The number of morpholine rings is 1. The molecule has 2 rings (SSSR count). The van der Waals surface area contributed by atoms with Gasteiger partial charge >= 0.3 is 0 Å². The normalized spacial score (nSPS) is 24.0. The van der Waals surface area contributed by atoms with Gasteiger partial charge in [0.25, 0.3) is 0 Å². The second-order valence-corrected chi connectivity index (χ2v) is 4.68. The maximum absolute atomic E-state index is 11.9. The largest absolute Gasteiger partial charge is 0.367 e. The summed E-state index contributed by atoms with van der Waals surface area (Å²) < 4.78 is 5.91. The van der Waals surface area contributed by atoms with E-state index in [2.05, 4.69) is 0 Å². The molecule has 2 N–H and O–H groups in total. The standard InChI is InChI=1S/C14H20N2O2/c1-11-9-16(14(17)7-8-15)10-13(18-11)12-5-3-2-4-6-12/h2-6,11,13H,7-10,15H2,1H3/t11-,13+/m0/s1. The van der Waals surface area contributed by atoms with E-state index in [-0.39, 0.29) is 18.1 Å². The second-order valence-electron chi connectivity index (χ2n) is 4.68. The second kappa shape index (κ2) is 5.98. The van der Waals surface area contributed by atoms with Crippen LogP contribution < -0.4 is 5.73 Å². The van der Waals surface area contributed by atoms with Crippen molar-refractivity contribution in [2.45, 2.75) is 25.6 Å². The number of hydrogen-bond acceptors (Lipinski definition) is 3. The number of rotatable bonds is 3. The van der Waals surface area contributed by atoms with Crippen molar-refractivity contribution in [3.63, 3.8) is 0 Å². The minimum absolute atomic E-state index is 0.0309. The molecule has 2 atom stereocenters. The molecular weight excluding hydrogens is 228 g/mol. The molecular formula is C14H20N2O2. The third-order valence-electron chi connectivity index (χ3n) is 3.14. The first-order chi connectivity index (χ1) is 8.70. The van der Waals surface area contributed by atoms with Crippen molar-refractivity contribution in [1.29, 1.82) is 0 Å². The molecule has 1 saturated heterocycles. The Bertz CT molecular complexity index is 394. The molecule has 98 valence electrons. The van der Waals surface area contributed by atoms with Gasteiger partial charge in [-0.15, -0.1) is 0 Å². The number of nitrogens with two attached hydrogens (primary N) is 1. The summed E-state index contributed by atoms with van der Waals surface area (Å²) in [6, 6.07) is 10.0. The van der Waals surface area contributed by atoms with Crippen LogP contribution in [0.4, 0.5) is 0 Å². The van der Waals surface area contributed by atoms with Crippen molar-refractivity contribution in [2.75, 3.05) is 19.6 Å². The number of amides is 1. The smallest absolute Gasteiger partial charge is 0.224 e. The van der Waals surface area contributed by atoms with Crippen LogP contribution in [0.2, 0.25) is 0 Å². The molecule has 4 nitrogen and oxygen atoms in total. The van der Waals surface area contributed by atoms with E-state index < -0.39 is 0 Å². The highest BCUT2D eigenvalue weighted by Gasteiger charge is 2.28. The minimum atomic E-state index is -0.0309. The first-order valence-corrected chi connectivity index (χ1v) is 6.39. The van der Waals surface area contributed by atoms with E-state index in [4.69, 9.17) is 10.5 Å². The molecule has 1 heterocycles. The average molecular weight is 248 g/mol. The Kier molecular flexibility index (Phi) is 4.33. The summed E-state index contributed by atoms with van der Waals surface area (Å²) in [5.74, 6) is 0.119. The van der Waals surface area contributed by atoms with Gasteiger partial charge in [-0.2, -0.15) is 0 Å². The summed E-state index contributed by atoms with van der Waals surface area (Å²) >= 11 is 0. The number of hydrogen-bond donors (Lipinski definition) is 1. The van der Waals surface area contributed by atoms with Gasteiger partial charge in [-0.25, -0.2) is 0 Å². The lowest BCUT2D eigenvalue weighted by Crippen LogP contribution is -2.46. The molecule has 1 amide bonds. The summed E-state index contributed by atoms with van der Waals surface area (Å²) in [5.41, 5.74) is 6.56. The van der Waals surface area contributed by atoms with Gasteiger partial charge in [0.2, 0.25) is 5.91 Å². The van der Waals surface area contributed by atoms with Gasteiger partial charge in [0.05, 0.1) is 12.6 Å². The highest BCUT2D eigenvalue weighted by molar-refractivity contribution is 5.76. The van der Waals surface area contributed by atoms with Gasteiger partial charge in [-0.05, 0) is 12.5 Å². The molecule has 0 aromatic heterocycles. The maximum Gasteiger partial charge on any atom is 0.224 e. The van der Waals surface area contributed by atoms with Crippen LogP contribution >= 0.6 is 0 Å². The fourth-order valence-electron chi connectivity index (χ4n) is 2.29. The zero-order valence-electron chi connectivity index (χ0n) is 10.7. The minimum Gasteiger partial charge on any atom is -0.367 e. The fourth-order valence-corrected chi connectivity index (χ4v) is 2.29.